The molecular weight excluding hydrogens is 552 g/mol. The van der Waals surface area contributed by atoms with E-state index in [0.29, 0.717) is 0 Å². The average Bonchev–Trinajstić information content (AvgIpc) is 2.93. The van der Waals surface area contributed by atoms with Gasteiger partial charge in [0.15, 0.2) is 29.3 Å². The van der Waals surface area contributed by atoms with Gasteiger partial charge >= 0.3 is 0 Å². The first-order chi connectivity index (χ1) is 19.5. The van der Waals surface area contributed by atoms with Gasteiger partial charge in [0.2, 0.25) is 6.29 Å². The summed E-state index contributed by atoms with van der Waals surface area (Å²) in [4.78, 5) is 12.8. The van der Waals surface area contributed by atoms with Crippen LogP contribution in [0.25, 0.3) is 22.3 Å². The standard InChI is InChI=1S/C26H28O15/c27-7-18-21(34)22(35)24(41-25-23(36)20(33)15(32)8-37-25)26(40-18)38-10-4-13(30)19-14(31)6-16(39-17(19)5-10)9-1-2-11(28)12(29)3-9/h1-6,15,18,20-30,32-36H,7-8H2. The average molecular weight is 580 g/mol. The van der Waals surface area contributed by atoms with E-state index in [2.05, 4.69) is 0 Å². The zero-order chi connectivity index (χ0) is 29.6. The van der Waals surface area contributed by atoms with Crippen LogP contribution >= 0.6 is 0 Å². The second kappa shape index (κ2) is 11.4. The second-order valence-corrected chi connectivity index (χ2v) is 9.67. The molecule has 15 nitrogen and oxygen atoms in total. The van der Waals surface area contributed by atoms with Crippen molar-refractivity contribution in [2.45, 2.75) is 55.3 Å². The fourth-order valence-corrected chi connectivity index (χ4v) is 4.61. The topological polar surface area (TPSA) is 249 Å². The molecule has 2 saturated heterocycles. The Labute approximate surface area is 230 Å². The molecule has 9 atom stereocenters. The van der Waals surface area contributed by atoms with Gasteiger partial charge in [0, 0.05) is 23.8 Å². The Morgan fingerprint density at radius 1 is 0.829 bits per heavy atom. The molecule has 0 aliphatic carbocycles. The second-order valence-electron chi connectivity index (χ2n) is 9.67. The molecule has 0 radical (unpaired) electrons. The number of hydrogen-bond acceptors (Lipinski definition) is 15. The number of hydrogen-bond donors (Lipinski definition) is 9. The Morgan fingerprint density at radius 3 is 2.29 bits per heavy atom. The van der Waals surface area contributed by atoms with E-state index >= 15 is 0 Å². The number of benzene rings is 2. The van der Waals surface area contributed by atoms with Gasteiger partial charge in [-0.05, 0) is 18.2 Å². The highest BCUT2D eigenvalue weighted by Gasteiger charge is 2.50. The maximum Gasteiger partial charge on any atom is 0.229 e. The Kier molecular flexibility index (Phi) is 8.06. The van der Waals surface area contributed by atoms with Crippen LogP contribution in [-0.4, -0.2) is 114 Å². The third-order valence-electron chi connectivity index (χ3n) is 6.87. The smallest absolute Gasteiger partial charge is 0.229 e. The lowest BCUT2D eigenvalue weighted by Gasteiger charge is -2.44. The van der Waals surface area contributed by atoms with Crippen molar-refractivity contribution in [1.82, 2.24) is 0 Å². The Morgan fingerprint density at radius 2 is 1.59 bits per heavy atom. The molecule has 9 N–H and O–H groups in total. The summed E-state index contributed by atoms with van der Waals surface area (Å²) in [6, 6.07) is 7.07. The highest BCUT2D eigenvalue weighted by Crippen LogP contribution is 2.36. The van der Waals surface area contributed by atoms with E-state index in [1.807, 2.05) is 0 Å². The summed E-state index contributed by atoms with van der Waals surface area (Å²) in [5, 5.41) is 90.5. The van der Waals surface area contributed by atoms with Crippen molar-refractivity contribution in [3.05, 3.63) is 46.6 Å². The number of aliphatic hydroxyl groups is 6. The summed E-state index contributed by atoms with van der Waals surface area (Å²) in [5.74, 6) is -1.60. The van der Waals surface area contributed by atoms with Gasteiger partial charge in [-0.3, -0.25) is 4.79 Å². The summed E-state index contributed by atoms with van der Waals surface area (Å²) in [6.45, 7) is -1.16. The number of phenols is 3. The molecule has 222 valence electrons. The minimum Gasteiger partial charge on any atom is -0.507 e. The quantitative estimate of drug-likeness (QED) is 0.146. The van der Waals surface area contributed by atoms with Crippen molar-refractivity contribution in [3.8, 4) is 34.3 Å². The maximum atomic E-state index is 12.8. The summed E-state index contributed by atoms with van der Waals surface area (Å²) in [5.41, 5.74) is -0.572. The van der Waals surface area contributed by atoms with Crippen molar-refractivity contribution >= 4 is 11.0 Å². The molecule has 2 fully saturated rings. The molecule has 2 aromatic carbocycles. The van der Waals surface area contributed by atoms with Crippen LogP contribution in [0.3, 0.4) is 0 Å². The van der Waals surface area contributed by atoms with E-state index in [1.165, 1.54) is 18.2 Å². The van der Waals surface area contributed by atoms with Gasteiger partial charge in [-0.2, -0.15) is 0 Å². The van der Waals surface area contributed by atoms with Gasteiger partial charge in [0.1, 0.15) is 64.9 Å². The van der Waals surface area contributed by atoms with E-state index in [9.17, 15) is 50.8 Å². The SMILES string of the molecule is O=c1cc(-c2ccc(O)c(O)c2)oc2cc(OC3OC(CO)C(O)C(O)C3OC3OCC(O)C(O)C3O)cc(O)c12. The summed E-state index contributed by atoms with van der Waals surface area (Å²) < 4.78 is 27.9. The molecule has 5 rings (SSSR count). The number of ether oxygens (including phenoxy) is 4. The van der Waals surface area contributed by atoms with Crippen LogP contribution in [0, 0.1) is 0 Å². The largest absolute Gasteiger partial charge is 0.507 e. The van der Waals surface area contributed by atoms with Crippen molar-refractivity contribution in [2.75, 3.05) is 13.2 Å². The molecule has 41 heavy (non-hydrogen) atoms. The van der Waals surface area contributed by atoms with Gasteiger partial charge in [-0.15, -0.1) is 0 Å². The van der Waals surface area contributed by atoms with Gasteiger partial charge in [0.05, 0.1) is 13.2 Å². The molecule has 3 heterocycles. The van der Waals surface area contributed by atoms with Gasteiger partial charge in [0.25, 0.3) is 0 Å². The minimum absolute atomic E-state index is 0.0208. The van der Waals surface area contributed by atoms with Crippen LogP contribution in [0.4, 0.5) is 0 Å². The summed E-state index contributed by atoms with van der Waals surface area (Å²) in [7, 11) is 0. The molecular formula is C26H28O15. The van der Waals surface area contributed by atoms with Crippen LogP contribution in [0.2, 0.25) is 0 Å². The molecule has 2 aliphatic heterocycles. The van der Waals surface area contributed by atoms with Crippen molar-refractivity contribution in [2.24, 2.45) is 0 Å². The lowest BCUT2D eigenvalue weighted by molar-refractivity contribution is -0.344. The monoisotopic (exact) mass is 580 g/mol. The molecule has 1 aromatic heterocycles. The fraction of sp³-hybridized carbons (Fsp3) is 0.423. The third kappa shape index (κ3) is 5.54. The molecule has 9 unspecified atom stereocenters. The summed E-state index contributed by atoms with van der Waals surface area (Å²) >= 11 is 0. The van der Waals surface area contributed by atoms with Gasteiger partial charge in [-0.1, -0.05) is 0 Å². The Balaban J connectivity index is 1.48. The van der Waals surface area contributed by atoms with Crippen LogP contribution in [-0.2, 0) is 14.2 Å². The zero-order valence-electron chi connectivity index (χ0n) is 21.0. The highest BCUT2D eigenvalue weighted by atomic mass is 16.8. The molecule has 15 heteroatoms. The van der Waals surface area contributed by atoms with E-state index in [-0.39, 0.29) is 33.8 Å². The first kappa shape index (κ1) is 29.0. The minimum atomic E-state index is -1.77. The molecule has 2 aliphatic rings. The lowest BCUT2D eigenvalue weighted by Crippen LogP contribution is -2.63. The van der Waals surface area contributed by atoms with Crippen molar-refractivity contribution in [3.63, 3.8) is 0 Å². The first-order valence-corrected chi connectivity index (χ1v) is 12.4. The number of phenolic OH excluding ortho intramolecular Hbond substituents is 3. The van der Waals surface area contributed by atoms with Crippen LogP contribution < -0.4 is 10.2 Å². The number of aromatic hydroxyl groups is 3. The van der Waals surface area contributed by atoms with E-state index in [4.69, 9.17) is 23.4 Å². The number of fused-ring (bicyclic) bond motifs is 1. The van der Waals surface area contributed by atoms with Crippen LogP contribution in [0.15, 0.2) is 45.6 Å². The maximum absolute atomic E-state index is 12.8. The normalized spacial score (nSPS) is 32.2. The van der Waals surface area contributed by atoms with Gasteiger partial charge in [-0.25, -0.2) is 0 Å². The van der Waals surface area contributed by atoms with E-state index in [0.717, 1.165) is 18.2 Å². The van der Waals surface area contributed by atoms with Crippen LogP contribution in [0.1, 0.15) is 0 Å². The van der Waals surface area contributed by atoms with E-state index < -0.39 is 85.4 Å². The predicted octanol–water partition coefficient (Wildman–Crippen LogP) is -1.78. The third-order valence-corrected chi connectivity index (χ3v) is 6.87. The van der Waals surface area contributed by atoms with Gasteiger partial charge < -0.3 is 69.3 Å². The molecule has 0 amide bonds. The fourth-order valence-electron chi connectivity index (χ4n) is 4.61. The Hall–Kier alpha value is -3.51. The zero-order valence-corrected chi connectivity index (χ0v) is 21.0. The molecule has 0 spiro atoms. The molecule has 3 aromatic rings. The van der Waals surface area contributed by atoms with Crippen molar-refractivity contribution < 1.29 is 69.3 Å². The van der Waals surface area contributed by atoms with Crippen LogP contribution in [0.5, 0.6) is 23.0 Å². The first-order valence-electron chi connectivity index (χ1n) is 12.4. The highest BCUT2D eigenvalue weighted by molar-refractivity contribution is 5.86. The number of rotatable bonds is 6. The Bertz CT molecular complexity index is 1460. The molecule has 0 saturated carbocycles. The lowest BCUT2D eigenvalue weighted by atomic mass is 9.98. The predicted molar refractivity (Wildman–Crippen MR) is 134 cm³/mol. The summed E-state index contributed by atoms with van der Waals surface area (Å²) in [6.07, 6.45) is -14.4. The number of aliphatic hydroxyl groups excluding tert-OH is 6. The molecule has 0 bridgehead atoms. The van der Waals surface area contributed by atoms with Crippen molar-refractivity contribution in [1.29, 1.82) is 0 Å². The van der Waals surface area contributed by atoms with E-state index in [1.54, 1.807) is 0 Å².